The molecule has 64 valence electrons. The molecule has 0 saturated heterocycles. The SMILES string of the molecule is Cc1cc(F)c(Cl)cc1C(=O)Cl. The Balaban J connectivity index is 3.33. The minimum Gasteiger partial charge on any atom is -0.276 e. The van der Waals surface area contributed by atoms with E-state index >= 15 is 0 Å². The first-order chi connectivity index (χ1) is 5.52. The topological polar surface area (TPSA) is 17.1 Å². The number of hydrogen-bond acceptors (Lipinski definition) is 1. The first-order valence-corrected chi connectivity index (χ1v) is 3.93. The predicted molar refractivity (Wildman–Crippen MR) is 46.3 cm³/mol. The molecule has 0 aromatic heterocycles. The number of carbonyl (C=O) groups excluding carboxylic acids is 1. The summed E-state index contributed by atoms with van der Waals surface area (Å²) in [4.78, 5) is 10.7. The van der Waals surface area contributed by atoms with Crippen LogP contribution in [0.25, 0.3) is 0 Å². The molecule has 0 N–H and O–H groups in total. The summed E-state index contributed by atoms with van der Waals surface area (Å²) in [7, 11) is 0. The van der Waals surface area contributed by atoms with E-state index in [-0.39, 0.29) is 10.6 Å². The van der Waals surface area contributed by atoms with Crippen LogP contribution in [0.15, 0.2) is 12.1 Å². The summed E-state index contributed by atoms with van der Waals surface area (Å²) in [6, 6.07) is 2.40. The van der Waals surface area contributed by atoms with E-state index in [4.69, 9.17) is 23.2 Å². The van der Waals surface area contributed by atoms with E-state index in [2.05, 4.69) is 0 Å². The molecule has 0 radical (unpaired) electrons. The standard InChI is InChI=1S/C8H5Cl2FO/c1-4-2-7(11)6(9)3-5(4)8(10)12/h2-3H,1H3. The minimum absolute atomic E-state index is 0.0930. The van der Waals surface area contributed by atoms with Gasteiger partial charge in [-0.1, -0.05) is 11.6 Å². The Morgan fingerprint density at radius 3 is 2.58 bits per heavy atom. The first kappa shape index (κ1) is 9.49. The highest BCUT2D eigenvalue weighted by Gasteiger charge is 2.09. The van der Waals surface area contributed by atoms with Crippen molar-refractivity contribution in [3.05, 3.63) is 34.1 Å². The summed E-state index contributed by atoms with van der Waals surface area (Å²) in [6.07, 6.45) is 0. The Hall–Kier alpha value is -0.600. The van der Waals surface area contributed by atoms with Gasteiger partial charge in [-0.15, -0.1) is 0 Å². The van der Waals surface area contributed by atoms with Gasteiger partial charge in [0.2, 0.25) is 0 Å². The Morgan fingerprint density at radius 1 is 1.50 bits per heavy atom. The molecule has 0 spiro atoms. The van der Waals surface area contributed by atoms with E-state index in [0.717, 1.165) is 0 Å². The van der Waals surface area contributed by atoms with Crippen molar-refractivity contribution in [2.24, 2.45) is 0 Å². The van der Waals surface area contributed by atoms with E-state index < -0.39 is 11.1 Å². The van der Waals surface area contributed by atoms with Crippen molar-refractivity contribution >= 4 is 28.4 Å². The number of benzene rings is 1. The molecule has 0 unspecified atom stereocenters. The molecule has 0 heterocycles. The summed E-state index contributed by atoms with van der Waals surface area (Å²) in [5.74, 6) is -0.546. The van der Waals surface area contributed by atoms with Gasteiger partial charge in [0, 0.05) is 5.56 Å². The van der Waals surface area contributed by atoms with Gasteiger partial charge in [-0.05, 0) is 36.2 Å². The van der Waals surface area contributed by atoms with E-state index in [1.165, 1.54) is 12.1 Å². The normalized spacial score (nSPS) is 10.0. The lowest BCUT2D eigenvalue weighted by Crippen LogP contribution is -1.94. The average molecular weight is 207 g/mol. The van der Waals surface area contributed by atoms with Crippen molar-refractivity contribution in [1.82, 2.24) is 0 Å². The van der Waals surface area contributed by atoms with Crippen LogP contribution in [0.3, 0.4) is 0 Å². The highest BCUT2D eigenvalue weighted by atomic mass is 35.5. The molecule has 0 aliphatic heterocycles. The molecule has 0 aliphatic rings. The maximum absolute atomic E-state index is 12.7. The maximum atomic E-state index is 12.7. The van der Waals surface area contributed by atoms with Crippen LogP contribution in [0.2, 0.25) is 5.02 Å². The van der Waals surface area contributed by atoms with Gasteiger partial charge >= 0.3 is 0 Å². The Morgan fingerprint density at radius 2 is 2.08 bits per heavy atom. The number of halogens is 3. The highest BCUT2D eigenvalue weighted by Crippen LogP contribution is 2.20. The van der Waals surface area contributed by atoms with E-state index in [0.29, 0.717) is 5.56 Å². The third-order valence-electron chi connectivity index (χ3n) is 1.48. The monoisotopic (exact) mass is 206 g/mol. The van der Waals surface area contributed by atoms with E-state index in [9.17, 15) is 9.18 Å². The Bertz CT molecular complexity index is 336. The van der Waals surface area contributed by atoms with Gasteiger partial charge in [-0.3, -0.25) is 4.79 Å². The van der Waals surface area contributed by atoms with Crippen molar-refractivity contribution < 1.29 is 9.18 Å². The second-order valence-corrected chi connectivity index (χ2v) is 3.11. The summed E-state index contributed by atoms with van der Waals surface area (Å²) in [5.41, 5.74) is 0.722. The zero-order valence-electron chi connectivity index (χ0n) is 6.20. The average Bonchev–Trinajstić information content (AvgIpc) is 1.96. The van der Waals surface area contributed by atoms with Gasteiger partial charge in [0.05, 0.1) is 5.02 Å². The smallest absolute Gasteiger partial charge is 0.252 e. The van der Waals surface area contributed by atoms with Crippen LogP contribution in [-0.2, 0) is 0 Å². The summed E-state index contributed by atoms with van der Waals surface area (Å²) in [6.45, 7) is 1.59. The molecular formula is C8H5Cl2FO. The van der Waals surface area contributed by atoms with Crippen molar-refractivity contribution in [3.63, 3.8) is 0 Å². The molecule has 1 rings (SSSR count). The summed E-state index contributed by atoms with van der Waals surface area (Å²) in [5, 5.41) is -0.723. The third kappa shape index (κ3) is 1.76. The van der Waals surface area contributed by atoms with Crippen molar-refractivity contribution in [1.29, 1.82) is 0 Å². The lowest BCUT2D eigenvalue weighted by molar-refractivity contribution is 0.108. The second-order valence-electron chi connectivity index (χ2n) is 2.35. The van der Waals surface area contributed by atoms with E-state index in [1.807, 2.05) is 0 Å². The molecule has 0 amide bonds. The van der Waals surface area contributed by atoms with Gasteiger partial charge in [-0.25, -0.2) is 4.39 Å². The van der Waals surface area contributed by atoms with Crippen LogP contribution in [0.5, 0.6) is 0 Å². The molecule has 0 atom stereocenters. The van der Waals surface area contributed by atoms with Crippen molar-refractivity contribution in [2.75, 3.05) is 0 Å². The summed E-state index contributed by atoms with van der Waals surface area (Å²) >= 11 is 10.7. The van der Waals surface area contributed by atoms with Crippen LogP contribution in [0, 0.1) is 12.7 Å². The van der Waals surface area contributed by atoms with Crippen LogP contribution in [0.4, 0.5) is 4.39 Å². The lowest BCUT2D eigenvalue weighted by Gasteiger charge is -2.01. The molecule has 12 heavy (non-hydrogen) atoms. The summed E-state index contributed by atoms with van der Waals surface area (Å²) < 4.78 is 12.7. The first-order valence-electron chi connectivity index (χ1n) is 3.18. The molecule has 0 saturated carbocycles. The predicted octanol–water partition coefficient (Wildman–Crippen LogP) is 3.17. The van der Waals surface area contributed by atoms with Gasteiger partial charge < -0.3 is 0 Å². The number of hydrogen-bond donors (Lipinski definition) is 0. The molecule has 1 aromatic carbocycles. The van der Waals surface area contributed by atoms with Crippen LogP contribution < -0.4 is 0 Å². The fourth-order valence-corrected chi connectivity index (χ4v) is 1.23. The molecule has 1 aromatic rings. The Kier molecular flexibility index (Phi) is 2.70. The van der Waals surface area contributed by atoms with Crippen molar-refractivity contribution in [3.8, 4) is 0 Å². The maximum Gasteiger partial charge on any atom is 0.252 e. The molecule has 0 bridgehead atoms. The number of carbonyl (C=O) groups is 1. The lowest BCUT2D eigenvalue weighted by atomic mass is 10.1. The second kappa shape index (κ2) is 3.42. The third-order valence-corrected chi connectivity index (χ3v) is 1.97. The van der Waals surface area contributed by atoms with E-state index in [1.54, 1.807) is 6.92 Å². The largest absolute Gasteiger partial charge is 0.276 e. The molecule has 4 heteroatoms. The van der Waals surface area contributed by atoms with Crippen LogP contribution in [0.1, 0.15) is 15.9 Å². The zero-order chi connectivity index (χ0) is 9.30. The quantitative estimate of drug-likeness (QED) is 0.646. The van der Waals surface area contributed by atoms with Crippen LogP contribution >= 0.6 is 23.2 Å². The van der Waals surface area contributed by atoms with Gasteiger partial charge in [0.1, 0.15) is 5.82 Å². The fourth-order valence-electron chi connectivity index (χ4n) is 0.858. The van der Waals surface area contributed by atoms with Crippen LogP contribution in [-0.4, -0.2) is 5.24 Å². The van der Waals surface area contributed by atoms with Gasteiger partial charge in [0.25, 0.3) is 5.24 Å². The highest BCUT2D eigenvalue weighted by molar-refractivity contribution is 6.68. The molecule has 0 aliphatic carbocycles. The molecular weight excluding hydrogens is 202 g/mol. The number of aryl methyl sites for hydroxylation is 1. The minimum atomic E-state index is -0.630. The molecule has 1 nitrogen and oxygen atoms in total. The molecule has 0 fully saturated rings. The van der Waals surface area contributed by atoms with Gasteiger partial charge in [-0.2, -0.15) is 0 Å². The Labute approximate surface area is 79.1 Å². The number of rotatable bonds is 1. The van der Waals surface area contributed by atoms with Crippen molar-refractivity contribution in [2.45, 2.75) is 6.92 Å². The van der Waals surface area contributed by atoms with Gasteiger partial charge in [0.15, 0.2) is 0 Å². The fraction of sp³-hybridized carbons (Fsp3) is 0.125. The zero-order valence-corrected chi connectivity index (χ0v) is 7.71.